The van der Waals surface area contributed by atoms with E-state index in [4.69, 9.17) is 9.84 Å². The van der Waals surface area contributed by atoms with Crippen LogP contribution in [0.5, 0.6) is 5.75 Å². The number of alkyl halides is 3. The minimum Gasteiger partial charge on any atom is -0.496 e. The maximum atomic E-state index is 15.0. The molecule has 218 valence electrons. The predicted molar refractivity (Wildman–Crippen MR) is 141 cm³/mol. The number of hydrogen-bond donors (Lipinski definition) is 3. The summed E-state index contributed by atoms with van der Waals surface area (Å²) in [4.78, 5) is 37.9. The van der Waals surface area contributed by atoms with Gasteiger partial charge in [0.05, 0.1) is 29.7 Å². The Bertz CT molecular complexity index is 1600. The van der Waals surface area contributed by atoms with E-state index < -0.39 is 53.1 Å². The molecule has 0 saturated heterocycles. The fourth-order valence-corrected chi connectivity index (χ4v) is 5.57. The van der Waals surface area contributed by atoms with E-state index >= 15 is 0 Å². The van der Waals surface area contributed by atoms with Crippen LogP contribution in [-0.2, 0) is 11.0 Å². The Morgan fingerprint density at radius 3 is 2.26 bits per heavy atom. The SMILES string of the molecule is COc1cc(F)c(-c2ccc(C(=O)O)cc2)cc1C(=O)N[C@@H]1[C@H](C(=O)Nc2ccc(F)c(C(F)(F)F)c2)[C@H]2C=C[C@@H]1C2. The van der Waals surface area contributed by atoms with Crippen molar-refractivity contribution in [3.05, 3.63) is 95.1 Å². The second-order valence-electron chi connectivity index (χ2n) is 10.1. The van der Waals surface area contributed by atoms with Gasteiger partial charge in [0.2, 0.25) is 5.91 Å². The van der Waals surface area contributed by atoms with Gasteiger partial charge < -0.3 is 20.5 Å². The van der Waals surface area contributed by atoms with Crippen molar-refractivity contribution in [2.45, 2.75) is 18.6 Å². The zero-order valence-corrected chi connectivity index (χ0v) is 21.8. The fraction of sp³-hybridized carbons (Fsp3) is 0.233. The first-order valence-electron chi connectivity index (χ1n) is 12.8. The van der Waals surface area contributed by atoms with Crippen LogP contribution in [0.4, 0.5) is 27.6 Å². The van der Waals surface area contributed by atoms with Crippen molar-refractivity contribution >= 4 is 23.5 Å². The highest BCUT2D eigenvalue weighted by Gasteiger charge is 2.49. The Morgan fingerprint density at radius 1 is 0.929 bits per heavy atom. The molecule has 0 aromatic heterocycles. The summed E-state index contributed by atoms with van der Waals surface area (Å²) in [6.07, 6.45) is -0.791. The number of fused-ring (bicyclic) bond motifs is 2. The van der Waals surface area contributed by atoms with Crippen molar-refractivity contribution in [1.82, 2.24) is 5.32 Å². The fourth-order valence-electron chi connectivity index (χ4n) is 5.57. The highest BCUT2D eigenvalue weighted by molar-refractivity contribution is 6.00. The first-order valence-corrected chi connectivity index (χ1v) is 12.8. The molecule has 42 heavy (non-hydrogen) atoms. The number of amides is 2. The molecule has 3 aromatic carbocycles. The lowest BCUT2D eigenvalue weighted by Gasteiger charge is -2.28. The third-order valence-electron chi connectivity index (χ3n) is 7.58. The van der Waals surface area contributed by atoms with Crippen LogP contribution in [0, 0.1) is 29.4 Å². The van der Waals surface area contributed by atoms with E-state index in [1.165, 1.54) is 37.4 Å². The number of carbonyl (C=O) groups is 3. The first-order chi connectivity index (χ1) is 19.9. The number of carbonyl (C=O) groups excluding carboxylic acids is 2. The zero-order chi connectivity index (χ0) is 30.3. The Balaban J connectivity index is 1.40. The number of carboxylic acids is 1. The lowest BCUT2D eigenvalue weighted by atomic mass is 9.87. The molecule has 7 nitrogen and oxygen atoms in total. The van der Waals surface area contributed by atoms with Gasteiger partial charge in [-0.25, -0.2) is 13.6 Å². The van der Waals surface area contributed by atoms with E-state index in [0.29, 0.717) is 24.1 Å². The smallest absolute Gasteiger partial charge is 0.419 e. The van der Waals surface area contributed by atoms with Gasteiger partial charge in [-0.15, -0.1) is 0 Å². The van der Waals surface area contributed by atoms with Crippen LogP contribution >= 0.6 is 0 Å². The average molecular weight is 587 g/mol. The third kappa shape index (κ3) is 5.44. The van der Waals surface area contributed by atoms with Crippen molar-refractivity contribution in [2.24, 2.45) is 17.8 Å². The molecule has 0 unspecified atom stereocenters. The van der Waals surface area contributed by atoms with Gasteiger partial charge in [-0.3, -0.25) is 9.59 Å². The summed E-state index contributed by atoms with van der Waals surface area (Å²) in [5.74, 6) is -6.16. The summed E-state index contributed by atoms with van der Waals surface area (Å²) in [6.45, 7) is 0. The minimum absolute atomic E-state index is 0.00503. The Kier molecular flexibility index (Phi) is 7.48. The molecule has 1 saturated carbocycles. The molecule has 0 radical (unpaired) electrons. The number of benzene rings is 3. The van der Waals surface area contributed by atoms with Crippen LogP contribution in [0.25, 0.3) is 11.1 Å². The number of ether oxygens (including phenoxy) is 1. The molecule has 3 N–H and O–H groups in total. The van der Waals surface area contributed by atoms with Gasteiger partial charge in [-0.2, -0.15) is 13.2 Å². The summed E-state index contributed by atoms with van der Waals surface area (Å²) in [5, 5.41) is 14.4. The van der Waals surface area contributed by atoms with Gasteiger partial charge in [-0.05, 0) is 60.2 Å². The molecule has 2 aliphatic carbocycles. The summed E-state index contributed by atoms with van der Waals surface area (Å²) < 4.78 is 73.4. The number of aromatic carboxylic acids is 1. The molecule has 0 spiro atoms. The number of methoxy groups -OCH3 is 1. The van der Waals surface area contributed by atoms with E-state index in [2.05, 4.69) is 10.6 Å². The van der Waals surface area contributed by atoms with Gasteiger partial charge in [0, 0.05) is 23.4 Å². The molecule has 1 fully saturated rings. The topological polar surface area (TPSA) is 105 Å². The van der Waals surface area contributed by atoms with Crippen LogP contribution in [0.15, 0.2) is 66.7 Å². The summed E-state index contributed by atoms with van der Waals surface area (Å²) in [5.41, 5.74) is -1.49. The number of halogens is 5. The first kappa shape index (κ1) is 28.8. The van der Waals surface area contributed by atoms with Crippen molar-refractivity contribution in [1.29, 1.82) is 0 Å². The molecule has 3 aromatic rings. The maximum absolute atomic E-state index is 15.0. The second-order valence-corrected chi connectivity index (χ2v) is 10.1. The van der Waals surface area contributed by atoms with Crippen molar-refractivity contribution in [3.8, 4) is 16.9 Å². The lowest BCUT2D eigenvalue weighted by Crippen LogP contribution is -2.47. The summed E-state index contributed by atoms with van der Waals surface area (Å²) in [7, 11) is 1.25. The van der Waals surface area contributed by atoms with Crippen molar-refractivity contribution in [2.75, 3.05) is 12.4 Å². The highest BCUT2D eigenvalue weighted by Crippen LogP contribution is 2.45. The third-order valence-corrected chi connectivity index (χ3v) is 7.58. The predicted octanol–water partition coefficient (Wildman–Crippen LogP) is 5.92. The molecule has 12 heteroatoms. The number of anilines is 1. The Labute approximate surface area is 236 Å². The highest BCUT2D eigenvalue weighted by atomic mass is 19.4. The van der Waals surface area contributed by atoms with E-state index in [0.717, 1.165) is 12.1 Å². The van der Waals surface area contributed by atoms with Crippen LogP contribution in [-0.4, -0.2) is 36.0 Å². The minimum atomic E-state index is -4.96. The second kappa shape index (κ2) is 10.9. The van der Waals surface area contributed by atoms with E-state index in [-0.39, 0.29) is 40.0 Å². The number of nitrogens with one attached hydrogen (secondary N) is 2. The van der Waals surface area contributed by atoms with E-state index in [1.54, 1.807) is 6.08 Å². The summed E-state index contributed by atoms with van der Waals surface area (Å²) >= 11 is 0. The largest absolute Gasteiger partial charge is 0.496 e. The average Bonchev–Trinajstić information content (AvgIpc) is 3.55. The molecule has 4 atom stereocenters. The molecule has 0 aliphatic heterocycles. The van der Waals surface area contributed by atoms with Crippen molar-refractivity contribution in [3.63, 3.8) is 0 Å². The Morgan fingerprint density at radius 2 is 1.62 bits per heavy atom. The van der Waals surface area contributed by atoms with Gasteiger partial charge in [0.25, 0.3) is 5.91 Å². The monoisotopic (exact) mass is 586 g/mol. The number of carboxylic acid groups (broad SMARTS) is 1. The summed E-state index contributed by atoms with van der Waals surface area (Å²) in [6, 6.07) is 9.07. The molecular formula is C30H23F5N2O5. The number of allylic oxidation sites excluding steroid dienone is 1. The van der Waals surface area contributed by atoms with Crippen LogP contribution in [0.3, 0.4) is 0 Å². The molecule has 2 aliphatic rings. The quantitative estimate of drug-likeness (QED) is 0.236. The van der Waals surface area contributed by atoms with E-state index in [1.807, 2.05) is 6.08 Å². The zero-order valence-electron chi connectivity index (χ0n) is 21.8. The standard InChI is InChI=1S/C30H23F5N2O5/c1-42-24-13-23(32)19(14-2-4-15(5-3-14)29(40)41)12-20(24)27(38)37-26-17-7-6-16(10-17)25(26)28(39)36-18-8-9-22(31)21(11-18)30(33,34)35/h2-9,11-13,16-17,25-26H,10H2,1H3,(H,36,39)(H,37,38)(H,40,41)/t16-,17+,25+,26-/m0/s1. The Hall–Kier alpha value is -4.74. The van der Waals surface area contributed by atoms with Gasteiger partial charge in [0.1, 0.15) is 17.4 Å². The maximum Gasteiger partial charge on any atom is 0.419 e. The van der Waals surface area contributed by atoms with E-state index in [9.17, 15) is 36.3 Å². The van der Waals surface area contributed by atoms with Crippen molar-refractivity contribution < 1.29 is 46.2 Å². The number of rotatable bonds is 7. The molecular weight excluding hydrogens is 563 g/mol. The normalized spacial score (nSPS) is 20.8. The van der Waals surface area contributed by atoms with Crippen LogP contribution in [0.1, 0.15) is 32.7 Å². The molecule has 2 bridgehead atoms. The molecule has 0 heterocycles. The van der Waals surface area contributed by atoms with Crippen LogP contribution < -0.4 is 15.4 Å². The molecule has 5 rings (SSSR count). The van der Waals surface area contributed by atoms with Gasteiger partial charge in [0.15, 0.2) is 0 Å². The van der Waals surface area contributed by atoms with Gasteiger partial charge >= 0.3 is 12.1 Å². The van der Waals surface area contributed by atoms with Gasteiger partial charge in [-0.1, -0.05) is 24.3 Å². The molecule has 2 amide bonds. The number of hydrogen-bond acceptors (Lipinski definition) is 4. The van der Waals surface area contributed by atoms with Crippen LogP contribution in [0.2, 0.25) is 0 Å². The lowest BCUT2D eigenvalue weighted by molar-refractivity contribution is -0.140.